The highest BCUT2D eigenvalue weighted by atomic mass is 127. The second-order valence-corrected chi connectivity index (χ2v) is 6.49. The van der Waals surface area contributed by atoms with Crippen LogP contribution in [0.5, 0.6) is 11.5 Å². The van der Waals surface area contributed by atoms with Crippen molar-refractivity contribution in [2.45, 2.75) is 13.0 Å². The Morgan fingerprint density at radius 3 is 2.70 bits per heavy atom. The molecular weight excluding hydrogens is 502 g/mol. The van der Waals surface area contributed by atoms with E-state index in [2.05, 4.69) is 20.6 Å². The van der Waals surface area contributed by atoms with Crippen molar-refractivity contribution in [3.8, 4) is 11.5 Å². The fraction of sp³-hybridized carbons (Fsp3) is 0.333. The molecule has 1 aliphatic rings. The number of aromatic nitrogens is 1. The predicted octanol–water partition coefficient (Wildman–Crippen LogP) is 3.69. The van der Waals surface area contributed by atoms with Crippen LogP contribution in [0.15, 0.2) is 35.5 Å². The van der Waals surface area contributed by atoms with Crippen molar-refractivity contribution in [3.05, 3.63) is 51.8 Å². The van der Waals surface area contributed by atoms with Crippen molar-refractivity contribution in [3.63, 3.8) is 0 Å². The van der Waals surface area contributed by atoms with E-state index in [1.807, 2.05) is 18.2 Å². The van der Waals surface area contributed by atoms with Gasteiger partial charge in [0.2, 0.25) is 0 Å². The number of fused-ring (bicyclic) bond motifs is 1. The number of pyridine rings is 1. The second kappa shape index (κ2) is 10.8. The molecule has 6 nitrogen and oxygen atoms in total. The minimum Gasteiger partial charge on any atom is -0.486 e. The summed E-state index contributed by atoms with van der Waals surface area (Å²) >= 11 is 12.1. The van der Waals surface area contributed by atoms with Crippen molar-refractivity contribution < 1.29 is 9.47 Å². The molecule has 9 heteroatoms. The molecule has 2 aromatic rings. The number of nitrogens with one attached hydrogen (secondary N) is 2. The van der Waals surface area contributed by atoms with Crippen LogP contribution < -0.4 is 20.1 Å². The molecule has 2 N–H and O–H groups in total. The lowest BCUT2D eigenvalue weighted by Gasteiger charge is -2.20. The first kappa shape index (κ1) is 21.8. The van der Waals surface area contributed by atoms with Crippen LogP contribution in [0.3, 0.4) is 0 Å². The molecule has 2 heterocycles. The van der Waals surface area contributed by atoms with Gasteiger partial charge in [-0.2, -0.15) is 0 Å². The molecule has 0 fully saturated rings. The molecule has 0 spiro atoms. The highest BCUT2D eigenvalue weighted by Crippen LogP contribution is 2.38. The molecule has 3 rings (SSSR count). The summed E-state index contributed by atoms with van der Waals surface area (Å²) in [5, 5.41) is 7.58. The van der Waals surface area contributed by atoms with E-state index in [4.69, 9.17) is 32.7 Å². The standard InChI is InChI=1S/C18H20Cl2N4O2.HI/c1-21-18(22-5-4-12-2-3-16(20)23-10-12)24-11-13-8-14(19)17-15(9-13)25-6-7-26-17;/h2-3,8-10H,4-7,11H2,1H3,(H2,21,22,24);1H. The molecule has 0 atom stereocenters. The molecule has 146 valence electrons. The monoisotopic (exact) mass is 522 g/mol. The molecular formula is C18H21Cl2IN4O2. The summed E-state index contributed by atoms with van der Waals surface area (Å²) in [6, 6.07) is 7.55. The normalized spacial score (nSPS) is 12.9. The van der Waals surface area contributed by atoms with E-state index in [1.54, 1.807) is 19.3 Å². The van der Waals surface area contributed by atoms with Crippen molar-refractivity contribution >= 4 is 53.1 Å². The molecule has 27 heavy (non-hydrogen) atoms. The van der Waals surface area contributed by atoms with Gasteiger partial charge in [0, 0.05) is 26.3 Å². The molecule has 0 saturated carbocycles. The minimum atomic E-state index is 0. The van der Waals surface area contributed by atoms with E-state index in [0.29, 0.717) is 47.4 Å². The SMILES string of the molecule is CN=C(NCCc1ccc(Cl)nc1)NCc1cc(Cl)c2c(c1)OCCO2.I. The van der Waals surface area contributed by atoms with Gasteiger partial charge in [0.1, 0.15) is 18.4 Å². The average Bonchev–Trinajstić information content (AvgIpc) is 2.66. The number of rotatable bonds is 5. The Bertz CT molecular complexity index is 788. The van der Waals surface area contributed by atoms with Gasteiger partial charge in [0.05, 0.1) is 5.02 Å². The number of aliphatic imine (C=N–C) groups is 1. The number of hydrogen-bond donors (Lipinski definition) is 2. The van der Waals surface area contributed by atoms with Gasteiger partial charge in [-0.05, 0) is 35.7 Å². The summed E-state index contributed by atoms with van der Waals surface area (Å²) in [5.74, 6) is 2.00. The molecule has 0 amide bonds. The highest BCUT2D eigenvalue weighted by molar-refractivity contribution is 14.0. The summed E-state index contributed by atoms with van der Waals surface area (Å²) in [7, 11) is 1.73. The number of guanidine groups is 1. The minimum absolute atomic E-state index is 0. The van der Waals surface area contributed by atoms with Crippen LogP contribution in [0.2, 0.25) is 10.2 Å². The van der Waals surface area contributed by atoms with Crippen molar-refractivity contribution in [2.24, 2.45) is 4.99 Å². The Labute approximate surface area is 185 Å². The van der Waals surface area contributed by atoms with Crippen LogP contribution >= 0.6 is 47.2 Å². The number of hydrogen-bond acceptors (Lipinski definition) is 4. The first-order valence-corrected chi connectivity index (χ1v) is 9.04. The third kappa shape index (κ3) is 6.29. The molecule has 0 radical (unpaired) electrons. The molecule has 0 saturated heterocycles. The number of benzene rings is 1. The lowest BCUT2D eigenvalue weighted by Crippen LogP contribution is -2.37. The molecule has 1 aromatic heterocycles. The second-order valence-electron chi connectivity index (χ2n) is 5.69. The van der Waals surface area contributed by atoms with Gasteiger partial charge in [-0.1, -0.05) is 29.3 Å². The maximum atomic E-state index is 6.27. The first-order chi connectivity index (χ1) is 12.7. The van der Waals surface area contributed by atoms with Gasteiger partial charge in [-0.3, -0.25) is 4.99 Å². The van der Waals surface area contributed by atoms with Crippen molar-refractivity contribution in [1.82, 2.24) is 15.6 Å². The third-order valence-electron chi connectivity index (χ3n) is 3.83. The highest BCUT2D eigenvalue weighted by Gasteiger charge is 2.16. The van der Waals surface area contributed by atoms with Crippen LogP contribution in [0.1, 0.15) is 11.1 Å². The van der Waals surface area contributed by atoms with E-state index in [0.717, 1.165) is 24.1 Å². The predicted molar refractivity (Wildman–Crippen MR) is 119 cm³/mol. The average molecular weight is 523 g/mol. The Kier molecular flexibility index (Phi) is 8.72. The molecule has 1 aliphatic heterocycles. The zero-order chi connectivity index (χ0) is 18.4. The zero-order valence-corrected chi connectivity index (χ0v) is 18.6. The first-order valence-electron chi connectivity index (χ1n) is 8.28. The smallest absolute Gasteiger partial charge is 0.191 e. The van der Waals surface area contributed by atoms with E-state index in [9.17, 15) is 0 Å². The van der Waals surface area contributed by atoms with Gasteiger partial charge in [0.25, 0.3) is 0 Å². The largest absolute Gasteiger partial charge is 0.486 e. The van der Waals surface area contributed by atoms with Gasteiger partial charge in [-0.25, -0.2) is 4.98 Å². The van der Waals surface area contributed by atoms with Crippen LogP contribution in [-0.4, -0.2) is 37.7 Å². The topological polar surface area (TPSA) is 67.8 Å². The summed E-state index contributed by atoms with van der Waals surface area (Å²) in [6.07, 6.45) is 2.60. The lowest BCUT2D eigenvalue weighted by molar-refractivity contribution is 0.171. The molecule has 0 bridgehead atoms. The van der Waals surface area contributed by atoms with Crippen molar-refractivity contribution in [1.29, 1.82) is 0 Å². The van der Waals surface area contributed by atoms with Crippen LogP contribution in [-0.2, 0) is 13.0 Å². The summed E-state index contributed by atoms with van der Waals surface area (Å²) in [5.41, 5.74) is 2.10. The lowest BCUT2D eigenvalue weighted by atomic mass is 10.2. The Morgan fingerprint density at radius 2 is 1.96 bits per heavy atom. The maximum Gasteiger partial charge on any atom is 0.191 e. The fourth-order valence-electron chi connectivity index (χ4n) is 2.55. The number of nitrogens with zero attached hydrogens (tertiary/aromatic N) is 2. The van der Waals surface area contributed by atoms with Crippen LogP contribution in [0.4, 0.5) is 0 Å². The molecule has 0 aliphatic carbocycles. The Hall–Kier alpha value is -1.45. The van der Waals surface area contributed by atoms with Gasteiger partial charge in [-0.15, -0.1) is 24.0 Å². The van der Waals surface area contributed by atoms with Crippen LogP contribution in [0, 0.1) is 0 Å². The maximum absolute atomic E-state index is 6.27. The summed E-state index contributed by atoms with van der Waals surface area (Å²) < 4.78 is 11.1. The van der Waals surface area contributed by atoms with Gasteiger partial charge in [0.15, 0.2) is 17.5 Å². The van der Waals surface area contributed by atoms with Gasteiger partial charge < -0.3 is 20.1 Å². The number of halogens is 3. The summed E-state index contributed by atoms with van der Waals surface area (Å²) in [6.45, 7) is 2.34. The number of ether oxygens (including phenoxy) is 2. The molecule has 0 unspecified atom stereocenters. The fourth-order valence-corrected chi connectivity index (χ4v) is 2.95. The van der Waals surface area contributed by atoms with Gasteiger partial charge >= 0.3 is 0 Å². The van der Waals surface area contributed by atoms with E-state index in [-0.39, 0.29) is 24.0 Å². The Morgan fingerprint density at radius 1 is 1.15 bits per heavy atom. The van der Waals surface area contributed by atoms with E-state index >= 15 is 0 Å². The third-order valence-corrected chi connectivity index (χ3v) is 4.34. The Balaban J connectivity index is 0.00000261. The van der Waals surface area contributed by atoms with Crippen LogP contribution in [0.25, 0.3) is 0 Å². The van der Waals surface area contributed by atoms with Crippen molar-refractivity contribution in [2.75, 3.05) is 26.8 Å². The van der Waals surface area contributed by atoms with E-state index in [1.165, 1.54) is 0 Å². The molecule has 1 aromatic carbocycles. The zero-order valence-electron chi connectivity index (χ0n) is 14.8. The summed E-state index contributed by atoms with van der Waals surface area (Å²) in [4.78, 5) is 8.30. The quantitative estimate of drug-likeness (QED) is 0.271. The van der Waals surface area contributed by atoms with E-state index < -0.39 is 0 Å².